The number of hydrogen-bond acceptors (Lipinski definition) is 4. The lowest BCUT2D eigenvalue weighted by molar-refractivity contribution is 0.102. The Hall–Kier alpha value is -1.80. The number of anilines is 1. The Bertz CT molecular complexity index is 930. The van der Waals surface area contributed by atoms with Crippen molar-refractivity contribution in [3.05, 3.63) is 52.0 Å². The molecular weight excluding hydrogens is 399 g/mol. The highest BCUT2D eigenvalue weighted by atomic mass is 35.5. The van der Waals surface area contributed by atoms with E-state index >= 15 is 0 Å². The number of methoxy groups -OCH3 is 1. The number of carbonyl (C=O) groups excluding carboxylic acids is 1. The number of carbonyl (C=O) groups is 1. The van der Waals surface area contributed by atoms with Gasteiger partial charge in [-0.15, -0.1) is 0 Å². The third-order valence-electron chi connectivity index (χ3n) is 3.30. The highest BCUT2D eigenvalue weighted by molar-refractivity contribution is 7.89. The van der Waals surface area contributed by atoms with Crippen molar-refractivity contribution in [3.8, 4) is 5.75 Å². The third-order valence-corrected chi connectivity index (χ3v) is 5.50. The van der Waals surface area contributed by atoms with E-state index in [0.29, 0.717) is 10.8 Å². The summed E-state index contributed by atoms with van der Waals surface area (Å²) in [4.78, 5) is 12.5. The SMILES string of the molecule is COc1ccc(S(=O)(=O)NC(C)C)cc1NC(=O)c1ccc(Cl)cc1Cl. The zero-order chi connectivity index (χ0) is 19.5. The van der Waals surface area contributed by atoms with E-state index < -0.39 is 15.9 Å². The van der Waals surface area contributed by atoms with Crippen molar-refractivity contribution in [1.82, 2.24) is 4.72 Å². The minimum atomic E-state index is -3.72. The molecule has 2 N–H and O–H groups in total. The summed E-state index contributed by atoms with van der Waals surface area (Å²) in [5, 5.41) is 3.20. The topological polar surface area (TPSA) is 84.5 Å². The molecule has 0 saturated heterocycles. The van der Waals surface area contributed by atoms with Crippen molar-refractivity contribution in [1.29, 1.82) is 0 Å². The van der Waals surface area contributed by atoms with Gasteiger partial charge < -0.3 is 10.1 Å². The lowest BCUT2D eigenvalue weighted by atomic mass is 10.2. The van der Waals surface area contributed by atoms with Crippen LogP contribution in [0.5, 0.6) is 5.75 Å². The van der Waals surface area contributed by atoms with Crippen molar-refractivity contribution in [2.75, 3.05) is 12.4 Å². The van der Waals surface area contributed by atoms with E-state index in [1.807, 2.05) is 0 Å². The maximum Gasteiger partial charge on any atom is 0.257 e. The predicted molar refractivity (Wildman–Crippen MR) is 103 cm³/mol. The molecule has 0 unspecified atom stereocenters. The molecule has 2 rings (SSSR count). The van der Waals surface area contributed by atoms with E-state index in [1.165, 1.54) is 43.5 Å². The second-order valence-corrected chi connectivity index (χ2v) is 8.27. The Balaban J connectivity index is 2.38. The lowest BCUT2D eigenvalue weighted by Gasteiger charge is -2.14. The van der Waals surface area contributed by atoms with Crippen molar-refractivity contribution in [2.24, 2.45) is 0 Å². The number of hydrogen-bond donors (Lipinski definition) is 2. The molecule has 26 heavy (non-hydrogen) atoms. The molecule has 0 aliphatic carbocycles. The van der Waals surface area contributed by atoms with Gasteiger partial charge in [0.2, 0.25) is 10.0 Å². The highest BCUT2D eigenvalue weighted by Crippen LogP contribution is 2.29. The molecule has 2 aromatic carbocycles. The second-order valence-electron chi connectivity index (χ2n) is 5.72. The van der Waals surface area contributed by atoms with Crippen LogP contribution < -0.4 is 14.8 Å². The molecule has 2 aromatic rings. The number of amides is 1. The third kappa shape index (κ3) is 4.88. The van der Waals surface area contributed by atoms with Gasteiger partial charge >= 0.3 is 0 Å². The molecule has 0 radical (unpaired) electrons. The average molecular weight is 417 g/mol. The highest BCUT2D eigenvalue weighted by Gasteiger charge is 2.19. The quantitative estimate of drug-likeness (QED) is 0.746. The van der Waals surface area contributed by atoms with Gasteiger partial charge in [0.25, 0.3) is 5.91 Å². The fraction of sp³-hybridized carbons (Fsp3) is 0.235. The molecule has 0 atom stereocenters. The summed E-state index contributed by atoms with van der Waals surface area (Å²) >= 11 is 11.9. The number of nitrogens with one attached hydrogen (secondary N) is 2. The van der Waals surface area contributed by atoms with Crippen LogP contribution in [0.3, 0.4) is 0 Å². The van der Waals surface area contributed by atoms with Gasteiger partial charge in [0.15, 0.2) is 0 Å². The Labute approximate surface area is 162 Å². The maximum absolute atomic E-state index is 12.5. The second kappa shape index (κ2) is 8.26. The van der Waals surface area contributed by atoms with Gasteiger partial charge in [0.1, 0.15) is 5.75 Å². The summed E-state index contributed by atoms with van der Waals surface area (Å²) in [6.45, 7) is 3.43. The van der Waals surface area contributed by atoms with Crippen molar-refractivity contribution < 1.29 is 17.9 Å². The Kier molecular flexibility index (Phi) is 6.52. The number of benzene rings is 2. The van der Waals surface area contributed by atoms with Gasteiger partial charge in [-0.25, -0.2) is 13.1 Å². The molecule has 6 nitrogen and oxygen atoms in total. The van der Waals surface area contributed by atoms with E-state index in [1.54, 1.807) is 13.8 Å². The summed E-state index contributed by atoms with van der Waals surface area (Å²) in [7, 11) is -2.30. The fourth-order valence-electron chi connectivity index (χ4n) is 2.19. The van der Waals surface area contributed by atoms with Crippen LogP contribution in [-0.4, -0.2) is 27.5 Å². The lowest BCUT2D eigenvalue weighted by Crippen LogP contribution is -2.30. The molecular formula is C17H18Cl2N2O4S. The monoisotopic (exact) mass is 416 g/mol. The van der Waals surface area contributed by atoms with Crippen LogP contribution in [0.2, 0.25) is 10.0 Å². The molecule has 0 aliphatic rings. The predicted octanol–water partition coefficient (Wildman–Crippen LogP) is 3.94. The van der Waals surface area contributed by atoms with Gasteiger partial charge in [-0.3, -0.25) is 4.79 Å². The van der Waals surface area contributed by atoms with Gasteiger partial charge in [0.05, 0.1) is 28.3 Å². The first kappa shape index (κ1) is 20.5. The van der Waals surface area contributed by atoms with Crippen LogP contribution >= 0.6 is 23.2 Å². The minimum absolute atomic E-state index is 0.00417. The average Bonchev–Trinajstić information content (AvgIpc) is 2.53. The number of halogens is 2. The first-order chi connectivity index (χ1) is 12.1. The van der Waals surface area contributed by atoms with E-state index in [0.717, 1.165) is 0 Å². The first-order valence-corrected chi connectivity index (χ1v) is 9.84. The first-order valence-electron chi connectivity index (χ1n) is 7.61. The van der Waals surface area contributed by atoms with Crippen molar-refractivity contribution in [2.45, 2.75) is 24.8 Å². The molecule has 0 saturated carbocycles. The fourth-order valence-corrected chi connectivity index (χ4v) is 3.96. The maximum atomic E-state index is 12.5. The molecule has 0 spiro atoms. The zero-order valence-corrected chi connectivity index (χ0v) is 16.7. The van der Waals surface area contributed by atoms with Crippen LogP contribution in [0.15, 0.2) is 41.3 Å². The number of rotatable bonds is 6. The Morgan fingerprint density at radius 2 is 1.81 bits per heavy atom. The molecule has 9 heteroatoms. The Morgan fingerprint density at radius 1 is 1.12 bits per heavy atom. The summed E-state index contributed by atoms with van der Waals surface area (Å²) in [6, 6.07) is 8.38. The number of sulfonamides is 1. The van der Waals surface area contributed by atoms with Gasteiger partial charge in [-0.2, -0.15) is 0 Å². The van der Waals surface area contributed by atoms with E-state index in [2.05, 4.69) is 10.0 Å². The summed E-state index contributed by atoms with van der Waals surface area (Å²) in [5.41, 5.74) is 0.404. The van der Waals surface area contributed by atoms with Gasteiger partial charge in [0, 0.05) is 11.1 Å². The van der Waals surface area contributed by atoms with Gasteiger partial charge in [-0.05, 0) is 50.2 Å². The van der Waals surface area contributed by atoms with Crippen LogP contribution in [-0.2, 0) is 10.0 Å². The molecule has 0 heterocycles. The van der Waals surface area contributed by atoms with Crippen molar-refractivity contribution in [3.63, 3.8) is 0 Å². The molecule has 0 aromatic heterocycles. The largest absolute Gasteiger partial charge is 0.495 e. The summed E-state index contributed by atoms with van der Waals surface area (Å²) < 4.78 is 32.4. The molecule has 0 bridgehead atoms. The van der Waals surface area contributed by atoms with E-state index in [4.69, 9.17) is 27.9 Å². The summed E-state index contributed by atoms with van der Waals surface area (Å²) in [5.74, 6) is -0.205. The van der Waals surface area contributed by atoms with Crippen LogP contribution in [0, 0.1) is 0 Å². The summed E-state index contributed by atoms with van der Waals surface area (Å²) in [6.07, 6.45) is 0. The standard InChI is InChI=1S/C17H18Cl2N2O4S/c1-10(2)21-26(23,24)12-5-7-16(25-3)15(9-12)20-17(22)13-6-4-11(18)8-14(13)19/h4-10,21H,1-3H3,(H,20,22). The van der Waals surface area contributed by atoms with Crippen molar-refractivity contribution >= 4 is 44.8 Å². The minimum Gasteiger partial charge on any atom is -0.495 e. The van der Waals surface area contributed by atoms with E-state index in [9.17, 15) is 13.2 Å². The Morgan fingerprint density at radius 3 is 2.38 bits per heavy atom. The number of ether oxygens (including phenoxy) is 1. The van der Waals surface area contributed by atoms with Gasteiger partial charge in [-0.1, -0.05) is 23.2 Å². The molecule has 0 fully saturated rings. The molecule has 0 aliphatic heterocycles. The van der Waals surface area contributed by atoms with E-state index in [-0.39, 0.29) is 27.2 Å². The van der Waals surface area contributed by atoms with Crippen LogP contribution in [0.4, 0.5) is 5.69 Å². The van der Waals surface area contributed by atoms with Crippen LogP contribution in [0.1, 0.15) is 24.2 Å². The normalized spacial score (nSPS) is 11.5. The zero-order valence-electron chi connectivity index (χ0n) is 14.3. The smallest absolute Gasteiger partial charge is 0.257 e. The van der Waals surface area contributed by atoms with Crippen LogP contribution in [0.25, 0.3) is 0 Å². The molecule has 140 valence electrons. The molecule has 1 amide bonds.